The van der Waals surface area contributed by atoms with Gasteiger partial charge in [-0.3, -0.25) is 9.78 Å². The predicted molar refractivity (Wildman–Crippen MR) is 72.8 cm³/mol. The molecule has 2 aromatic rings. The number of hydrogen-bond acceptors (Lipinski definition) is 5. The number of nitrogens with zero attached hydrogens (tertiary/aromatic N) is 2. The molecule has 1 aromatic carbocycles. The Morgan fingerprint density at radius 3 is 3.05 bits per heavy atom. The number of aromatic nitrogens is 1. The fourth-order valence-electron chi connectivity index (χ4n) is 2.12. The summed E-state index contributed by atoms with van der Waals surface area (Å²) < 4.78 is 11.4. The lowest BCUT2D eigenvalue weighted by atomic mass is 10.1. The van der Waals surface area contributed by atoms with Gasteiger partial charge < -0.3 is 15.2 Å². The van der Waals surface area contributed by atoms with E-state index in [1.807, 2.05) is 0 Å². The van der Waals surface area contributed by atoms with Gasteiger partial charge >= 0.3 is 0 Å². The molecule has 6 heteroatoms. The van der Waals surface area contributed by atoms with Crippen LogP contribution in [0.25, 0.3) is 0 Å². The van der Waals surface area contributed by atoms with Crippen LogP contribution in [-0.4, -0.2) is 17.5 Å². The second-order valence-corrected chi connectivity index (χ2v) is 4.53. The normalized spacial score (nSPS) is 16.0. The average molecular weight is 281 g/mol. The van der Waals surface area contributed by atoms with Crippen molar-refractivity contribution in [1.82, 2.24) is 4.98 Å². The lowest BCUT2D eigenvalue weighted by molar-refractivity contribution is 0.0904. The molecule has 0 aliphatic carbocycles. The van der Waals surface area contributed by atoms with E-state index < -0.39 is 12.0 Å². The summed E-state index contributed by atoms with van der Waals surface area (Å²) in [7, 11) is 0. The number of amides is 1. The number of ether oxygens (including phenoxy) is 2. The zero-order chi connectivity index (χ0) is 14.8. The van der Waals surface area contributed by atoms with Crippen LogP contribution < -0.4 is 15.2 Å². The van der Waals surface area contributed by atoms with Gasteiger partial charge in [-0.1, -0.05) is 6.07 Å². The third-order valence-corrected chi connectivity index (χ3v) is 3.16. The fraction of sp³-hybridized carbons (Fsp3) is 0.133. The highest BCUT2D eigenvalue weighted by Crippen LogP contribution is 2.38. The summed E-state index contributed by atoms with van der Waals surface area (Å²) in [6.45, 7) is 0.232. The van der Waals surface area contributed by atoms with E-state index in [1.165, 1.54) is 6.20 Å². The molecule has 1 aliphatic rings. The Bertz CT molecular complexity index is 752. The van der Waals surface area contributed by atoms with Gasteiger partial charge in [0.25, 0.3) is 0 Å². The van der Waals surface area contributed by atoms with Crippen LogP contribution in [0.3, 0.4) is 0 Å². The Balaban J connectivity index is 1.92. The van der Waals surface area contributed by atoms with Gasteiger partial charge in [-0.25, -0.2) is 0 Å². The number of carbonyl (C=O) groups is 1. The highest BCUT2D eigenvalue weighted by molar-refractivity contribution is 5.92. The summed E-state index contributed by atoms with van der Waals surface area (Å²) in [6, 6.07) is 8.80. The molecule has 1 aromatic heterocycles. The summed E-state index contributed by atoms with van der Waals surface area (Å²) >= 11 is 0. The molecule has 1 unspecified atom stereocenters. The zero-order valence-corrected chi connectivity index (χ0v) is 10.9. The Morgan fingerprint density at radius 2 is 2.29 bits per heavy atom. The van der Waals surface area contributed by atoms with Gasteiger partial charge in [-0.2, -0.15) is 5.26 Å². The maximum absolute atomic E-state index is 11.2. The van der Waals surface area contributed by atoms with Crippen molar-refractivity contribution in [2.45, 2.75) is 6.10 Å². The SMILES string of the molecule is N#Cc1cccc2c1OCC(c1cncc(C(N)=O)c1)O2. The number of pyridine rings is 1. The Labute approximate surface area is 120 Å². The summed E-state index contributed by atoms with van der Waals surface area (Å²) in [5, 5.41) is 9.03. The van der Waals surface area contributed by atoms with Gasteiger partial charge in [0.15, 0.2) is 17.6 Å². The lowest BCUT2D eigenvalue weighted by Crippen LogP contribution is -2.23. The van der Waals surface area contributed by atoms with E-state index in [1.54, 1.807) is 30.5 Å². The van der Waals surface area contributed by atoms with Crippen LogP contribution >= 0.6 is 0 Å². The van der Waals surface area contributed by atoms with E-state index in [0.717, 1.165) is 0 Å². The molecule has 1 amide bonds. The van der Waals surface area contributed by atoms with Crippen LogP contribution in [0.5, 0.6) is 11.5 Å². The second kappa shape index (κ2) is 5.13. The molecule has 0 bridgehead atoms. The number of para-hydroxylation sites is 1. The van der Waals surface area contributed by atoms with E-state index >= 15 is 0 Å². The molecule has 0 fully saturated rings. The van der Waals surface area contributed by atoms with Crippen molar-refractivity contribution in [2.75, 3.05) is 6.61 Å². The minimum absolute atomic E-state index is 0.232. The molecule has 3 rings (SSSR count). The molecular weight excluding hydrogens is 270 g/mol. The molecule has 2 N–H and O–H groups in total. The van der Waals surface area contributed by atoms with Crippen LogP contribution in [0.15, 0.2) is 36.7 Å². The molecule has 0 radical (unpaired) electrons. The quantitative estimate of drug-likeness (QED) is 0.900. The number of fused-ring (bicyclic) bond motifs is 1. The number of primary amides is 1. The molecule has 0 spiro atoms. The highest BCUT2D eigenvalue weighted by atomic mass is 16.6. The zero-order valence-electron chi connectivity index (χ0n) is 10.9. The maximum Gasteiger partial charge on any atom is 0.250 e. The third-order valence-electron chi connectivity index (χ3n) is 3.16. The molecule has 1 atom stereocenters. The molecule has 1 aliphatic heterocycles. The number of hydrogen-bond donors (Lipinski definition) is 1. The molecule has 6 nitrogen and oxygen atoms in total. The van der Waals surface area contributed by atoms with Crippen molar-refractivity contribution in [3.63, 3.8) is 0 Å². The summed E-state index contributed by atoms with van der Waals surface area (Å²) in [6.07, 6.45) is 2.59. The Kier molecular flexibility index (Phi) is 3.16. The third kappa shape index (κ3) is 2.37. The lowest BCUT2D eigenvalue weighted by Gasteiger charge is -2.27. The van der Waals surface area contributed by atoms with E-state index in [-0.39, 0.29) is 6.61 Å². The van der Waals surface area contributed by atoms with Crippen molar-refractivity contribution in [3.05, 3.63) is 53.3 Å². The van der Waals surface area contributed by atoms with E-state index in [2.05, 4.69) is 11.1 Å². The van der Waals surface area contributed by atoms with Gasteiger partial charge in [0.2, 0.25) is 5.91 Å². The second-order valence-electron chi connectivity index (χ2n) is 4.53. The molecule has 2 heterocycles. The first-order valence-electron chi connectivity index (χ1n) is 6.26. The highest BCUT2D eigenvalue weighted by Gasteiger charge is 2.25. The van der Waals surface area contributed by atoms with Crippen LogP contribution in [0.4, 0.5) is 0 Å². The minimum Gasteiger partial charge on any atom is -0.484 e. The fourth-order valence-corrected chi connectivity index (χ4v) is 2.12. The smallest absolute Gasteiger partial charge is 0.250 e. The first-order valence-corrected chi connectivity index (χ1v) is 6.26. The van der Waals surface area contributed by atoms with Crippen LogP contribution in [0.1, 0.15) is 27.6 Å². The summed E-state index contributed by atoms with van der Waals surface area (Å²) in [4.78, 5) is 15.2. The summed E-state index contributed by atoms with van der Waals surface area (Å²) in [5.74, 6) is 0.387. The first-order chi connectivity index (χ1) is 10.2. The van der Waals surface area contributed by atoms with Crippen molar-refractivity contribution in [2.24, 2.45) is 5.73 Å². The average Bonchev–Trinajstić information content (AvgIpc) is 2.53. The van der Waals surface area contributed by atoms with Crippen LogP contribution in [-0.2, 0) is 0 Å². The van der Waals surface area contributed by atoms with Gasteiger partial charge in [0.05, 0.1) is 11.1 Å². The van der Waals surface area contributed by atoms with Crippen molar-refractivity contribution in [3.8, 4) is 17.6 Å². The minimum atomic E-state index is -0.548. The topological polar surface area (TPSA) is 98.2 Å². The van der Waals surface area contributed by atoms with Crippen molar-refractivity contribution >= 4 is 5.91 Å². The van der Waals surface area contributed by atoms with Gasteiger partial charge in [-0.15, -0.1) is 0 Å². The summed E-state index contributed by atoms with van der Waals surface area (Å²) in [5.41, 5.74) is 6.67. The monoisotopic (exact) mass is 281 g/mol. The van der Waals surface area contributed by atoms with E-state index in [9.17, 15) is 4.79 Å². The number of benzene rings is 1. The van der Waals surface area contributed by atoms with Gasteiger partial charge in [0, 0.05) is 18.0 Å². The Morgan fingerprint density at radius 1 is 1.43 bits per heavy atom. The van der Waals surface area contributed by atoms with E-state index in [4.69, 9.17) is 20.5 Å². The maximum atomic E-state index is 11.2. The molecule has 0 saturated heterocycles. The molecular formula is C15H11N3O3. The van der Waals surface area contributed by atoms with E-state index in [0.29, 0.717) is 28.2 Å². The first kappa shape index (κ1) is 12.9. The number of carbonyl (C=O) groups excluding carboxylic acids is 1. The Hall–Kier alpha value is -3.07. The standard InChI is InChI=1S/C15H11N3O3/c16-5-9-2-1-3-12-14(9)20-8-13(21-12)10-4-11(15(17)19)7-18-6-10/h1-4,6-7,13H,8H2,(H2,17,19). The van der Waals surface area contributed by atoms with Crippen molar-refractivity contribution < 1.29 is 14.3 Å². The van der Waals surface area contributed by atoms with Crippen LogP contribution in [0, 0.1) is 11.3 Å². The van der Waals surface area contributed by atoms with Crippen molar-refractivity contribution in [1.29, 1.82) is 5.26 Å². The largest absolute Gasteiger partial charge is 0.484 e. The van der Waals surface area contributed by atoms with Gasteiger partial charge in [0.1, 0.15) is 12.7 Å². The molecule has 0 saturated carbocycles. The van der Waals surface area contributed by atoms with Gasteiger partial charge in [-0.05, 0) is 18.2 Å². The molecule has 21 heavy (non-hydrogen) atoms. The number of rotatable bonds is 2. The predicted octanol–water partition coefficient (Wildman–Crippen LogP) is 1.56. The van der Waals surface area contributed by atoms with Crippen LogP contribution in [0.2, 0.25) is 0 Å². The number of nitrogens with two attached hydrogens (primary N) is 1. The molecule has 104 valence electrons. The number of nitriles is 1.